The molecule has 3 saturated heterocycles. The Labute approximate surface area is 145 Å². The van der Waals surface area contributed by atoms with Gasteiger partial charge in [0.1, 0.15) is 0 Å². The average Bonchev–Trinajstić information content (AvgIpc) is 2.67. The van der Waals surface area contributed by atoms with Gasteiger partial charge in [0.25, 0.3) is 5.97 Å². The van der Waals surface area contributed by atoms with Gasteiger partial charge < -0.3 is 14.2 Å². The highest BCUT2D eigenvalue weighted by molar-refractivity contribution is 5.23. The molecule has 1 aromatic rings. The SMILES string of the molecule is CCC12COC(C3CCC(c4cc(F)c(F)c(F)c4)CC3)(OC1)OC2. The van der Waals surface area contributed by atoms with Crippen LogP contribution in [0.3, 0.4) is 0 Å². The van der Waals surface area contributed by atoms with Gasteiger partial charge in [0.05, 0.1) is 19.8 Å². The van der Waals surface area contributed by atoms with Crippen LogP contribution in [0.25, 0.3) is 0 Å². The van der Waals surface area contributed by atoms with Gasteiger partial charge in [0.2, 0.25) is 0 Å². The number of halogens is 3. The molecule has 3 heterocycles. The van der Waals surface area contributed by atoms with Crippen LogP contribution in [0.2, 0.25) is 0 Å². The Bertz CT molecular complexity index is 608. The Morgan fingerprint density at radius 3 is 1.92 bits per heavy atom. The molecule has 2 bridgehead atoms. The molecule has 0 atom stereocenters. The van der Waals surface area contributed by atoms with E-state index >= 15 is 0 Å². The van der Waals surface area contributed by atoms with Crippen LogP contribution in [0.5, 0.6) is 0 Å². The molecule has 3 nitrogen and oxygen atoms in total. The van der Waals surface area contributed by atoms with Gasteiger partial charge in [-0.05, 0) is 55.7 Å². The maximum Gasteiger partial charge on any atom is 0.285 e. The minimum atomic E-state index is -1.41. The zero-order valence-corrected chi connectivity index (χ0v) is 14.3. The number of hydrogen-bond donors (Lipinski definition) is 0. The highest BCUT2D eigenvalue weighted by atomic mass is 19.2. The predicted octanol–water partition coefficient (Wildman–Crippen LogP) is 4.50. The molecule has 6 heteroatoms. The van der Waals surface area contributed by atoms with E-state index in [2.05, 4.69) is 6.92 Å². The first kappa shape index (κ1) is 17.3. The van der Waals surface area contributed by atoms with Crippen molar-refractivity contribution in [3.63, 3.8) is 0 Å². The van der Waals surface area contributed by atoms with Gasteiger partial charge in [-0.2, -0.15) is 0 Å². The summed E-state index contributed by atoms with van der Waals surface area (Å²) in [6, 6.07) is 2.23. The summed E-state index contributed by atoms with van der Waals surface area (Å²) in [5, 5.41) is 0. The van der Waals surface area contributed by atoms with E-state index in [-0.39, 0.29) is 17.3 Å². The molecule has 1 saturated carbocycles. The van der Waals surface area contributed by atoms with Crippen molar-refractivity contribution in [1.82, 2.24) is 0 Å². The van der Waals surface area contributed by atoms with Crippen LogP contribution in [0, 0.1) is 28.8 Å². The fraction of sp³-hybridized carbons (Fsp3) is 0.684. The molecule has 138 valence electrons. The number of fused-ring (bicyclic) bond motifs is 3. The van der Waals surface area contributed by atoms with Crippen LogP contribution in [-0.2, 0) is 14.2 Å². The highest BCUT2D eigenvalue weighted by Crippen LogP contribution is 2.49. The fourth-order valence-corrected chi connectivity index (χ4v) is 4.26. The van der Waals surface area contributed by atoms with E-state index in [0.717, 1.165) is 44.2 Å². The van der Waals surface area contributed by atoms with E-state index < -0.39 is 23.4 Å². The Kier molecular flexibility index (Phi) is 4.33. The van der Waals surface area contributed by atoms with E-state index in [4.69, 9.17) is 14.2 Å². The second-order valence-corrected chi connectivity index (χ2v) is 7.67. The van der Waals surface area contributed by atoms with Crippen LogP contribution in [-0.4, -0.2) is 25.8 Å². The predicted molar refractivity (Wildman–Crippen MR) is 84.3 cm³/mol. The van der Waals surface area contributed by atoms with Gasteiger partial charge in [0, 0.05) is 11.3 Å². The quantitative estimate of drug-likeness (QED) is 0.746. The second kappa shape index (κ2) is 6.25. The molecule has 0 spiro atoms. The van der Waals surface area contributed by atoms with Crippen LogP contribution in [0.4, 0.5) is 13.2 Å². The van der Waals surface area contributed by atoms with Crippen molar-refractivity contribution in [2.75, 3.05) is 19.8 Å². The summed E-state index contributed by atoms with van der Waals surface area (Å²) in [6.07, 6.45) is 4.00. The fourth-order valence-electron chi connectivity index (χ4n) is 4.26. The molecule has 0 radical (unpaired) electrons. The summed E-state index contributed by atoms with van der Waals surface area (Å²) < 4.78 is 58.0. The van der Waals surface area contributed by atoms with E-state index in [1.807, 2.05) is 0 Å². The van der Waals surface area contributed by atoms with Gasteiger partial charge in [-0.15, -0.1) is 0 Å². The van der Waals surface area contributed by atoms with E-state index in [9.17, 15) is 13.2 Å². The lowest BCUT2D eigenvalue weighted by molar-refractivity contribution is -0.488. The summed E-state index contributed by atoms with van der Waals surface area (Å²) in [4.78, 5) is 0. The van der Waals surface area contributed by atoms with Crippen molar-refractivity contribution in [3.05, 3.63) is 35.1 Å². The standard InChI is InChI=1S/C19H23F3O3/c1-2-18-9-23-19(24-10-18,25-11-18)14-5-3-12(4-6-14)13-7-15(20)17(22)16(21)8-13/h7-8,12,14H,2-6,9-11H2,1H3. The summed E-state index contributed by atoms with van der Waals surface area (Å²) in [7, 11) is 0. The molecule has 1 aromatic carbocycles. The minimum absolute atomic E-state index is 0.0131. The topological polar surface area (TPSA) is 27.7 Å². The third kappa shape index (κ3) is 2.88. The van der Waals surface area contributed by atoms with Gasteiger partial charge in [-0.25, -0.2) is 13.2 Å². The first-order valence-corrected chi connectivity index (χ1v) is 9.03. The lowest BCUT2D eigenvalue weighted by Crippen LogP contribution is -2.63. The molecule has 0 aromatic heterocycles. The maximum atomic E-state index is 13.5. The van der Waals surface area contributed by atoms with Crippen molar-refractivity contribution in [2.45, 2.75) is 50.9 Å². The average molecular weight is 356 g/mol. The molecule has 0 N–H and O–H groups in total. The van der Waals surface area contributed by atoms with Crippen LogP contribution in [0.1, 0.15) is 50.5 Å². The summed E-state index contributed by atoms with van der Waals surface area (Å²) in [6.45, 7) is 4.06. The summed E-state index contributed by atoms with van der Waals surface area (Å²) in [5.41, 5.74) is 0.495. The Hall–Kier alpha value is -1.11. The molecule has 1 aliphatic carbocycles. The van der Waals surface area contributed by atoms with E-state index in [1.165, 1.54) is 0 Å². The van der Waals surface area contributed by atoms with Gasteiger partial charge in [0.15, 0.2) is 17.5 Å². The third-order valence-electron chi connectivity index (χ3n) is 6.19. The van der Waals surface area contributed by atoms with Gasteiger partial charge >= 0.3 is 0 Å². The zero-order valence-electron chi connectivity index (χ0n) is 14.3. The number of benzene rings is 1. The Morgan fingerprint density at radius 1 is 0.920 bits per heavy atom. The van der Waals surface area contributed by atoms with Crippen molar-refractivity contribution in [3.8, 4) is 0 Å². The number of hydrogen-bond acceptors (Lipinski definition) is 3. The smallest absolute Gasteiger partial charge is 0.285 e. The molecule has 0 unspecified atom stereocenters. The highest BCUT2D eigenvalue weighted by Gasteiger charge is 2.56. The zero-order chi connectivity index (χ0) is 17.7. The molecule has 4 aliphatic rings. The number of ether oxygens (including phenoxy) is 3. The van der Waals surface area contributed by atoms with Crippen molar-refractivity contribution in [1.29, 1.82) is 0 Å². The van der Waals surface area contributed by atoms with Crippen LogP contribution in [0.15, 0.2) is 12.1 Å². The molecule has 5 rings (SSSR count). The van der Waals surface area contributed by atoms with Crippen LogP contribution >= 0.6 is 0 Å². The largest absolute Gasteiger partial charge is 0.326 e. The molecule has 4 fully saturated rings. The summed E-state index contributed by atoms with van der Waals surface area (Å²) in [5.74, 6) is -4.49. The molecular formula is C19H23F3O3. The number of rotatable bonds is 3. The van der Waals surface area contributed by atoms with E-state index in [0.29, 0.717) is 25.4 Å². The lowest BCUT2D eigenvalue weighted by Gasteiger charge is -2.55. The Morgan fingerprint density at radius 2 is 1.44 bits per heavy atom. The molecular weight excluding hydrogens is 333 g/mol. The molecule has 0 amide bonds. The second-order valence-electron chi connectivity index (χ2n) is 7.67. The summed E-state index contributed by atoms with van der Waals surface area (Å²) >= 11 is 0. The third-order valence-corrected chi connectivity index (χ3v) is 6.19. The Balaban J connectivity index is 1.42. The minimum Gasteiger partial charge on any atom is -0.326 e. The normalized spacial score (nSPS) is 38.1. The maximum absolute atomic E-state index is 13.5. The first-order valence-electron chi connectivity index (χ1n) is 9.03. The van der Waals surface area contributed by atoms with Crippen molar-refractivity contribution < 1.29 is 27.4 Å². The van der Waals surface area contributed by atoms with Crippen LogP contribution < -0.4 is 0 Å². The molecule has 3 aliphatic heterocycles. The van der Waals surface area contributed by atoms with Gasteiger partial charge in [-0.1, -0.05) is 6.92 Å². The first-order chi connectivity index (χ1) is 12.0. The van der Waals surface area contributed by atoms with E-state index in [1.54, 1.807) is 0 Å². The lowest BCUT2D eigenvalue weighted by atomic mass is 9.76. The van der Waals surface area contributed by atoms with Crippen molar-refractivity contribution >= 4 is 0 Å². The van der Waals surface area contributed by atoms with Gasteiger partial charge in [-0.3, -0.25) is 0 Å². The van der Waals surface area contributed by atoms with Crippen molar-refractivity contribution in [2.24, 2.45) is 11.3 Å². The molecule has 25 heavy (non-hydrogen) atoms. The monoisotopic (exact) mass is 356 g/mol.